The summed E-state index contributed by atoms with van der Waals surface area (Å²) in [5.74, 6) is -0.0153. The number of benzene rings is 2. The van der Waals surface area contributed by atoms with E-state index >= 15 is 0 Å². The first-order valence-electron chi connectivity index (χ1n) is 12.6. The first-order valence-corrected chi connectivity index (χ1v) is 13.5. The summed E-state index contributed by atoms with van der Waals surface area (Å²) in [7, 11) is 0. The van der Waals surface area contributed by atoms with Crippen LogP contribution in [0.1, 0.15) is 58.3 Å². The first kappa shape index (κ1) is 24.3. The molecule has 5 nitrogen and oxygen atoms in total. The summed E-state index contributed by atoms with van der Waals surface area (Å²) >= 11 is 1.74. The van der Waals surface area contributed by atoms with Gasteiger partial charge in [-0.25, -0.2) is 0 Å². The number of aromatic nitrogens is 1. The molecule has 2 atom stereocenters. The molecule has 1 saturated heterocycles. The zero-order chi connectivity index (χ0) is 24.9. The fourth-order valence-corrected chi connectivity index (χ4v) is 6.51. The average molecular weight is 498 g/mol. The second-order valence-corrected chi connectivity index (χ2v) is 10.9. The lowest BCUT2D eigenvalue weighted by Gasteiger charge is -2.44. The van der Waals surface area contributed by atoms with Gasteiger partial charge in [-0.15, -0.1) is 11.8 Å². The van der Waals surface area contributed by atoms with Crippen molar-refractivity contribution in [3.63, 3.8) is 0 Å². The minimum absolute atomic E-state index is 0.114. The monoisotopic (exact) mass is 497 g/mol. The highest BCUT2D eigenvalue weighted by atomic mass is 32.2. The molecule has 6 heteroatoms. The molecule has 2 heterocycles. The van der Waals surface area contributed by atoms with E-state index in [2.05, 4.69) is 46.4 Å². The number of nitrogens with one attached hydrogen (secondary N) is 1. The fraction of sp³-hybridized carbons (Fsp3) is 0.300. The van der Waals surface area contributed by atoms with Crippen molar-refractivity contribution in [3.05, 3.63) is 106 Å². The Morgan fingerprint density at radius 1 is 1.08 bits per heavy atom. The van der Waals surface area contributed by atoms with Crippen LogP contribution >= 0.6 is 11.8 Å². The Hall–Kier alpha value is -3.38. The molecule has 184 valence electrons. The molecule has 2 amide bonds. The van der Waals surface area contributed by atoms with E-state index in [9.17, 15) is 9.59 Å². The second-order valence-electron chi connectivity index (χ2n) is 9.60. The maximum Gasteiger partial charge on any atom is 0.260 e. The molecular weight excluding hydrogens is 466 g/mol. The molecule has 2 fully saturated rings. The van der Waals surface area contributed by atoms with Gasteiger partial charge in [0.1, 0.15) is 0 Å². The fourth-order valence-electron chi connectivity index (χ4n) is 5.04. The van der Waals surface area contributed by atoms with E-state index in [0.29, 0.717) is 29.9 Å². The SMILES string of the molecule is Cc1cccc(CN2C(=O)/C(=C\c3ccc(C(=O)NCc4cccnc4)cc3)SC3CCCCC32)c1. The third-order valence-electron chi connectivity index (χ3n) is 6.90. The predicted octanol–water partition coefficient (Wildman–Crippen LogP) is 5.75. The molecular formula is C30H31N3O2S. The Morgan fingerprint density at radius 2 is 1.89 bits per heavy atom. The highest BCUT2D eigenvalue weighted by molar-refractivity contribution is 8.04. The predicted molar refractivity (Wildman–Crippen MR) is 145 cm³/mol. The molecule has 1 aliphatic heterocycles. The minimum Gasteiger partial charge on any atom is -0.348 e. The maximum absolute atomic E-state index is 13.6. The molecule has 36 heavy (non-hydrogen) atoms. The van der Waals surface area contributed by atoms with E-state index in [4.69, 9.17) is 0 Å². The van der Waals surface area contributed by atoms with Crippen molar-refractivity contribution < 1.29 is 9.59 Å². The third-order valence-corrected chi connectivity index (χ3v) is 8.30. The summed E-state index contributed by atoms with van der Waals surface area (Å²) in [6.45, 7) is 3.17. The van der Waals surface area contributed by atoms with E-state index in [1.54, 1.807) is 24.2 Å². The number of rotatable bonds is 6. The van der Waals surface area contributed by atoms with Crippen LogP contribution in [0.25, 0.3) is 6.08 Å². The summed E-state index contributed by atoms with van der Waals surface area (Å²) in [6.07, 6.45) is 10.1. The quantitative estimate of drug-likeness (QED) is 0.441. The van der Waals surface area contributed by atoms with Crippen LogP contribution in [0.3, 0.4) is 0 Å². The second kappa shape index (κ2) is 11.1. The topological polar surface area (TPSA) is 62.3 Å². The normalized spacial score (nSPS) is 20.8. The zero-order valence-electron chi connectivity index (χ0n) is 20.5. The largest absolute Gasteiger partial charge is 0.348 e. The standard InChI is InChI=1S/C30H31N3O2S/c1-21-6-4-7-23(16-21)20-33-26-9-2-3-10-27(26)36-28(30(33)35)17-22-11-13-25(14-12-22)29(34)32-19-24-8-5-15-31-18-24/h4-8,11-18,26-27H,2-3,9-10,19-20H2,1H3,(H,32,34)/b28-17+. The van der Waals surface area contributed by atoms with Crippen LogP contribution in [0.15, 0.2) is 78.0 Å². The molecule has 2 unspecified atom stereocenters. The van der Waals surface area contributed by atoms with E-state index < -0.39 is 0 Å². The lowest BCUT2D eigenvalue weighted by Crippen LogP contribution is -2.50. The van der Waals surface area contributed by atoms with Crippen LogP contribution < -0.4 is 5.32 Å². The molecule has 1 aliphatic carbocycles. The molecule has 2 aliphatic rings. The highest BCUT2D eigenvalue weighted by Gasteiger charge is 2.40. The number of hydrogen-bond donors (Lipinski definition) is 1. The number of amides is 2. The lowest BCUT2D eigenvalue weighted by atomic mass is 9.92. The number of pyridine rings is 1. The van der Waals surface area contributed by atoms with Gasteiger partial charge in [0, 0.05) is 42.3 Å². The number of nitrogens with zero attached hydrogens (tertiary/aromatic N) is 2. The number of aryl methyl sites for hydroxylation is 1. The van der Waals surface area contributed by atoms with Crippen LogP contribution in [-0.2, 0) is 17.9 Å². The van der Waals surface area contributed by atoms with Crippen LogP contribution in [0, 0.1) is 6.92 Å². The Labute approximate surface area is 217 Å². The van der Waals surface area contributed by atoms with Gasteiger partial charge in [0.15, 0.2) is 0 Å². The van der Waals surface area contributed by atoms with Gasteiger partial charge in [-0.2, -0.15) is 0 Å². The van der Waals surface area contributed by atoms with Crippen molar-refractivity contribution in [3.8, 4) is 0 Å². The summed E-state index contributed by atoms with van der Waals surface area (Å²) in [4.78, 5) is 33.2. The van der Waals surface area contributed by atoms with Gasteiger partial charge in [-0.3, -0.25) is 14.6 Å². The van der Waals surface area contributed by atoms with E-state index in [1.807, 2.05) is 42.5 Å². The third kappa shape index (κ3) is 5.71. The number of carbonyl (C=O) groups is 2. The van der Waals surface area contributed by atoms with Gasteiger partial charge >= 0.3 is 0 Å². The van der Waals surface area contributed by atoms with Crippen molar-refractivity contribution in [1.29, 1.82) is 0 Å². The van der Waals surface area contributed by atoms with Crippen LogP contribution in [-0.4, -0.2) is 33.0 Å². The summed E-state index contributed by atoms with van der Waals surface area (Å²) < 4.78 is 0. The van der Waals surface area contributed by atoms with Crippen LogP contribution in [0.2, 0.25) is 0 Å². The minimum atomic E-state index is -0.129. The Balaban J connectivity index is 1.31. The molecule has 0 bridgehead atoms. The summed E-state index contributed by atoms with van der Waals surface area (Å²) in [5, 5.41) is 3.36. The molecule has 0 spiro atoms. The van der Waals surface area contributed by atoms with Crippen molar-refractivity contribution >= 4 is 29.7 Å². The summed E-state index contributed by atoms with van der Waals surface area (Å²) in [6, 6.07) is 20.0. The number of hydrogen-bond acceptors (Lipinski definition) is 4. The number of carbonyl (C=O) groups excluding carboxylic acids is 2. The smallest absolute Gasteiger partial charge is 0.260 e. The Kier molecular flexibility index (Phi) is 7.52. The van der Waals surface area contributed by atoms with Gasteiger partial charge in [0.25, 0.3) is 11.8 Å². The van der Waals surface area contributed by atoms with E-state index in [0.717, 1.165) is 28.9 Å². The molecule has 1 N–H and O–H groups in total. The zero-order valence-corrected chi connectivity index (χ0v) is 21.3. The van der Waals surface area contributed by atoms with Gasteiger partial charge in [-0.05, 0) is 60.7 Å². The van der Waals surface area contributed by atoms with Crippen LogP contribution in [0.5, 0.6) is 0 Å². The number of thioether (sulfide) groups is 1. The number of fused-ring (bicyclic) bond motifs is 1. The molecule has 1 saturated carbocycles. The summed E-state index contributed by atoms with van der Waals surface area (Å²) in [5.41, 5.74) is 4.88. The van der Waals surface area contributed by atoms with Crippen molar-refractivity contribution in [2.45, 2.75) is 57.0 Å². The molecule has 2 aromatic carbocycles. The van der Waals surface area contributed by atoms with Gasteiger partial charge in [-0.1, -0.05) is 60.9 Å². The van der Waals surface area contributed by atoms with Crippen LogP contribution in [0.4, 0.5) is 0 Å². The maximum atomic E-state index is 13.6. The van der Waals surface area contributed by atoms with E-state index in [1.165, 1.54) is 24.0 Å². The highest BCUT2D eigenvalue weighted by Crippen LogP contribution is 2.42. The first-order chi connectivity index (χ1) is 17.6. The van der Waals surface area contributed by atoms with Crippen molar-refractivity contribution in [1.82, 2.24) is 15.2 Å². The average Bonchev–Trinajstić information content (AvgIpc) is 2.91. The Morgan fingerprint density at radius 3 is 2.67 bits per heavy atom. The molecule has 1 aromatic heterocycles. The van der Waals surface area contributed by atoms with Gasteiger partial charge < -0.3 is 10.2 Å². The van der Waals surface area contributed by atoms with Crippen molar-refractivity contribution in [2.75, 3.05) is 0 Å². The Bertz CT molecular complexity index is 1260. The lowest BCUT2D eigenvalue weighted by molar-refractivity contribution is -0.130. The van der Waals surface area contributed by atoms with Gasteiger partial charge in [0.2, 0.25) is 0 Å². The molecule has 3 aromatic rings. The molecule has 0 radical (unpaired) electrons. The van der Waals surface area contributed by atoms with Crippen molar-refractivity contribution in [2.24, 2.45) is 0 Å². The molecule has 5 rings (SSSR count). The van der Waals surface area contributed by atoms with E-state index in [-0.39, 0.29) is 11.8 Å². The van der Waals surface area contributed by atoms with Gasteiger partial charge in [0.05, 0.1) is 4.91 Å².